The molecule has 2 aromatic carbocycles. The predicted octanol–water partition coefficient (Wildman–Crippen LogP) is 4.73. The first-order valence-electron chi connectivity index (χ1n) is 10.7. The molecule has 1 aliphatic rings. The lowest BCUT2D eigenvalue weighted by atomic mass is 10.1. The lowest BCUT2D eigenvalue weighted by Gasteiger charge is -2.26. The van der Waals surface area contributed by atoms with Crippen LogP contribution in [-0.2, 0) is 12.3 Å². The van der Waals surface area contributed by atoms with Gasteiger partial charge in [-0.2, -0.15) is 4.98 Å². The van der Waals surface area contributed by atoms with E-state index < -0.39 is 0 Å². The van der Waals surface area contributed by atoms with Gasteiger partial charge in [0.05, 0.1) is 12.3 Å². The Bertz CT molecular complexity index is 1150. The van der Waals surface area contributed by atoms with Crippen LogP contribution in [0.1, 0.15) is 31.0 Å². The highest BCUT2D eigenvalue weighted by atomic mass is 32.2. The van der Waals surface area contributed by atoms with Crippen molar-refractivity contribution in [3.63, 3.8) is 0 Å². The van der Waals surface area contributed by atoms with Gasteiger partial charge in [0.1, 0.15) is 5.82 Å². The number of piperidine rings is 1. The summed E-state index contributed by atoms with van der Waals surface area (Å²) in [7, 11) is 0. The lowest BCUT2D eigenvalue weighted by Crippen LogP contribution is -2.30. The van der Waals surface area contributed by atoms with Crippen LogP contribution in [0.15, 0.2) is 64.3 Å². The summed E-state index contributed by atoms with van der Waals surface area (Å²) in [5.41, 5.74) is 1.74. The van der Waals surface area contributed by atoms with Crippen LogP contribution in [0.3, 0.4) is 0 Å². The average Bonchev–Trinajstić information content (AvgIpc) is 3.47. The smallest absolute Gasteiger partial charge is 0.237 e. The van der Waals surface area contributed by atoms with E-state index in [9.17, 15) is 4.39 Å². The first-order chi connectivity index (χ1) is 15.8. The van der Waals surface area contributed by atoms with Crippen LogP contribution >= 0.6 is 11.8 Å². The fourth-order valence-corrected chi connectivity index (χ4v) is 4.61. The number of para-hydroxylation sites is 1. The molecule has 0 atom stereocenters. The molecular formula is C23H23FN6OS. The third-order valence-corrected chi connectivity index (χ3v) is 6.34. The van der Waals surface area contributed by atoms with Crippen molar-refractivity contribution in [2.24, 2.45) is 0 Å². The minimum atomic E-state index is -0.298. The molecule has 9 heteroatoms. The highest BCUT2D eigenvalue weighted by molar-refractivity contribution is 7.98. The summed E-state index contributed by atoms with van der Waals surface area (Å²) in [6.07, 6.45) is 3.76. The number of aromatic nitrogens is 5. The molecule has 164 valence electrons. The number of thioether (sulfide) groups is 1. The summed E-state index contributed by atoms with van der Waals surface area (Å²) >= 11 is 1.50. The molecule has 0 saturated carbocycles. The molecule has 1 saturated heterocycles. The van der Waals surface area contributed by atoms with E-state index in [1.807, 2.05) is 18.2 Å². The lowest BCUT2D eigenvalue weighted by molar-refractivity contribution is 0.214. The van der Waals surface area contributed by atoms with E-state index in [-0.39, 0.29) is 5.82 Å². The molecule has 0 spiro atoms. The summed E-state index contributed by atoms with van der Waals surface area (Å²) in [4.78, 5) is 6.88. The number of nitrogens with zero attached hydrogens (tertiary/aromatic N) is 6. The molecule has 4 aromatic rings. The topological polar surface area (TPSA) is 72.9 Å². The van der Waals surface area contributed by atoms with Gasteiger partial charge >= 0.3 is 0 Å². The van der Waals surface area contributed by atoms with E-state index in [0.29, 0.717) is 23.0 Å². The molecule has 7 nitrogen and oxygen atoms in total. The van der Waals surface area contributed by atoms with Gasteiger partial charge in [-0.25, -0.2) is 4.39 Å². The number of halogens is 1. The predicted molar refractivity (Wildman–Crippen MR) is 120 cm³/mol. The summed E-state index contributed by atoms with van der Waals surface area (Å²) in [6.45, 7) is 2.97. The van der Waals surface area contributed by atoms with Crippen molar-refractivity contribution in [1.82, 2.24) is 29.8 Å². The number of rotatable bonds is 7. The second-order valence-electron chi connectivity index (χ2n) is 7.71. The molecule has 32 heavy (non-hydrogen) atoms. The van der Waals surface area contributed by atoms with Crippen LogP contribution in [0.5, 0.6) is 0 Å². The van der Waals surface area contributed by atoms with E-state index in [0.717, 1.165) is 36.3 Å². The molecule has 5 rings (SSSR count). The molecule has 0 amide bonds. The maximum atomic E-state index is 13.2. The van der Waals surface area contributed by atoms with Crippen molar-refractivity contribution < 1.29 is 8.91 Å². The van der Waals surface area contributed by atoms with E-state index >= 15 is 0 Å². The molecule has 0 N–H and O–H groups in total. The normalized spacial score (nSPS) is 14.7. The Morgan fingerprint density at radius 1 is 0.938 bits per heavy atom. The van der Waals surface area contributed by atoms with Gasteiger partial charge < -0.3 is 4.52 Å². The monoisotopic (exact) mass is 450 g/mol. The van der Waals surface area contributed by atoms with Crippen LogP contribution < -0.4 is 0 Å². The Morgan fingerprint density at radius 3 is 2.50 bits per heavy atom. The van der Waals surface area contributed by atoms with E-state index in [1.165, 1.54) is 43.2 Å². The highest BCUT2D eigenvalue weighted by Crippen LogP contribution is 2.27. The average molecular weight is 451 g/mol. The van der Waals surface area contributed by atoms with Crippen molar-refractivity contribution in [3.05, 3.63) is 72.1 Å². The van der Waals surface area contributed by atoms with Gasteiger partial charge in [-0.05, 0) is 62.3 Å². The zero-order valence-corrected chi connectivity index (χ0v) is 18.3. The largest absolute Gasteiger partial charge is 0.338 e. The Balaban J connectivity index is 1.35. The number of benzene rings is 2. The molecule has 0 aliphatic carbocycles. The summed E-state index contributed by atoms with van der Waals surface area (Å²) in [5.74, 6) is 2.01. The molecule has 1 fully saturated rings. The minimum absolute atomic E-state index is 0.298. The van der Waals surface area contributed by atoms with Gasteiger partial charge in [0.2, 0.25) is 11.7 Å². The maximum absolute atomic E-state index is 13.2. The molecule has 2 aromatic heterocycles. The quantitative estimate of drug-likeness (QED) is 0.377. The third-order valence-electron chi connectivity index (χ3n) is 5.42. The van der Waals surface area contributed by atoms with Gasteiger partial charge in [-0.15, -0.1) is 10.2 Å². The Kier molecular flexibility index (Phi) is 6.27. The number of likely N-dealkylation sites (tertiary alicyclic amines) is 1. The second-order valence-corrected chi connectivity index (χ2v) is 8.66. The maximum Gasteiger partial charge on any atom is 0.237 e. The zero-order valence-electron chi connectivity index (χ0n) is 17.5. The minimum Gasteiger partial charge on any atom is -0.338 e. The van der Waals surface area contributed by atoms with Crippen molar-refractivity contribution in [2.75, 3.05) is 13.1 Å². The fourth-order valence-electron chi connectivity index (χ4n) is 3.81. The van der Waals surface area contributed by atoms with Gasteiger partial charge in [-0.3, -0.25) is 9.47 Å². The van der Waals surface area contributed by atoms with Crippen molar-refractivity contribution in [3.8, 4) is 17.1 Å². The van der Waals surface area contributed by atoms with E-state index in [2.05, 4.69) is 41.9 Å². The molecule has 3 heterocycles. The number of hydrogen-bond donors (Lipinski definition) is 0. The van der Waals surface area contributed by atoms with Crippen molar-refractivity contribution in [1.29, 1.82) is 0 Å². The van der Waals surface area contributed by atoms with Crippen LogP contribution in [-0.4, -0.2) is 42.9 Å². The molecule has 0 radical (unpaired) electrons. The van der Waals surface area contributed by atoms with Crippen LogP contribution in [0, 0.1) is 5.82 Å². The zero-order chi connectivity index (χ0) is 21.8. The van der Waals surface area contributed by atoms with Crippen molar-refractivity contribution in [2.45, 2.75) is 36.7 Å². The first kappa shape index (κ1) is 20.8. The first-order valence-corrected chi connectivity index (χ1v) is 11.7. The molecule has 0 unspecified atom stereocenters. The SMILES string of the molecule is Fc1ccc(-c2noc(CSc3nnc(CN4CCCCC4)n3-c3ccccc3)n2)cc1. The third kappa shape index (κ3) is 4.73. The van der Waals surface area contributed by atoms with Gasteiger partial charge in [0.25, 0.3) is 0 Å². The number of hydrogen-bond acceptors (Lipinski definition) is 7. The van der Waals surface area contributed by atoms with Crippen LogP contribution in [0.2, 0.25) is 0 Å². The molecule has 1 aliphatic heterocycles. The highest BCUT2D eigenvalue weighted by Gasteiger charge is 2.19. The summed E-state index contributed by atoms with van der Waals surface area (Å²) < 4.78 is 20.7. The Hall–Kier alpha value is -3.04. The van der Waals surface area contributed by atoms with Crippen LogP contribution in [0.25, 0.3) is 17.1 Å². The van der Waals surface area contributed by atoms with Gasteiger partial charge in [0, 0.05) is 11.3 Å². The fraction of sp³-hybridized carbons (Fsp3) is 0.304. The second kappa shape index (κ2) is 9.62. The standard InChI is InChI=1S/C23H23FN6OS/c24-18-11-9-17(10-12-18)22-25-21(31-28-22)16-32-23-27-26-20(15-29-13-5-2-6-14-29)30(23)19-7-3-1-4-8-19/h1,3-4,7-12H,2,5-6,13-16H2. The molecule has 0 bridgehead atoms. The summed E-state index contributed by atoms with van der Waals surface area (Å²) in [5, 5.41) is 13.8. The van der Waals surface area contributed by atoms with Gasteiger partial charge in [-0.1, -0.05) is 41.5 Å². The Morgan fingerprint density at radius 2 is 1.72 bits per heavy atom. The van der Waals surface area contributed by atoms with Crippen LogP contribution in [0.4, 0.5) is 4.39 Å². The summed E-state index contributed by atoms with van der Waals surface area (Å²) in [6, 6.07) is 16.2. The van der Waals surface area contributed by atoms with Crippen molar-refractivity contribution >= 4 is 11.8 Å². The van der Waals surface area contributed by atoms with E-state index in [1.54, 1.807) is 12.1 Å². The molecular weight excluding hydrogens is 427 g/mol. The van der Waals surface area contributed by atoms with E-state index in [4.69, 9.17) is 4.52 Å². The van der Waals surface area contributed by atoms with Gasteiger partial charge in [0.15, 0.2) is 11.0 Å². The Labute approximate surface area is 189 Å².